The Balaban J connectivity index is 2.20. The smallest absolute Gasteiger partial charge is 0.338 e. The van der Waals surface area contributed by atoms with Gasteiger partial charge in [-0.25, -0.2) is 9.18 Å². The SMILES string of the molecule is Cc1nn(C)cc1CNc1cc(F)c(C(=O)O)cc1N. The highest BCUT2D eigenvalue weighted by Gasteiger charge is 2.14. The Labute approximate surface area is 115 Å². The third-order valence-electron chi connectivity index (χ3n) is 2.95. The summed E-state index contributed by atoms with van der Waals surface area (Å²) in [5, 5.41) is 16.0. The Bertz CT molecular complexity index is 667. The van der Waals surface area contributed by atoms with Gasteiger partial charge in [-0.15, -0.1) is 0 Å². The van der Waals surface area contributed by atoms with Gasteiger partial charge in [-0.1, -0.05) is 0 Å². The predicted octanol–water partition coefficient (Wildman–Crippen LogP) is 1.76. The van der Waals surface area contributed by atoms with Crippen LogP contribution in [-0.4, -0.2) is 20.9 Å². The van der Waals surface area contributed by atoms with Gasteiger partial charge in [0.1, 0.15) is 5.82 Å². The Morgan fingerprint density at radius 2 is 2.25 bits per heavy atom. The largest absolute Gasteiger partial charge is 0.478 e. The molecule has 0 amide bonds. The number of carboxylic acids is 1. The molecule has 0 saturated heterocycles. The molecule has 20 heavy (non-hydrogen) atoms. The van der Waals surface area contributed by atoms with Crippen molar-refractivity contribution in [2.24, 2.45) is 7.05 Å². The van der Waals surface area contributed by atoms with Crippen LogP contribution in [0.5, 0.6) is 0 Å². The Hall–Kier alpha value is -2.57. The average molecular weight is 278 g/mol. The summed E-state index contributed by atoms with van der Waals surface area (Å²) < 4.78 is 15.3. The number of aromatic carboxylic acids is 1. The van der Waals surface area contributed by atoms with E-state index in [1.165, 1.54) is 0 Å². The van der Waals surface area contributed by atoms with Crippen LogP contribution in [0.3, 0.4) is 0 Å². The second-order valence-corrected chi connectivity index (χ2v) is 4.49. The molecule has 0 bridgehead atoms. The molecule has 1 heterocycles. The molecule has 7 heteroatoms. The number of aromatic nitrogens is 2. The summed E-state index contributed by atoms with van der Waals surface area (Å²) in [6.45, 7) is 2.30. The van der Waals surface area contributed by atoms with Crippen LogP contribution in [0.1, 0.15) is 21.6 Å². The van der Waals surface area contributed by atoms with Crippen LogP contribution in [0.15, 0.2) is 18.3 Å². The summed E-state index contributed by atoms with van der Waals surface area (Å²) in [5.74, 6) is -2.17. The maximum Gasteiger partial charge on any atom is 0.338 e. The minimum Gasteiger partial charge on any atom is -0.478 e. The van der Waals surface area contributed by atoms with Crippen molar-refractivity contribution in [1.82, 2.24) is 9.78 Å². The van der Waals surface area contributed by atoms with Gasteiger partial charge in [0.15, 0.2) is 0 Å². The number of nitrogens with two attached hydrogens (primary N) is 1. The second-order valence-electron chi connectivity index (χ2n) is 4.49. The number of halogens is 1. The lowest BCUT2D eigenvalue weighted by Gasteiger charge is -2.10. The van der Waals surface area contributed by atoms with E-state index in [4.69, 9.17) is 10.8 Å². The molecule has 6 nitrogen and oxygen atoms in total. The molecule has 1 aromatic carbocycles. The zero-order chi connectivity index (χ0) is 14.9. The molecular formula is C13H15FN4O2. The zero-order valence-corrected chi connectivity index (χ0v) is 11.1. The minimum atomic E-state index is -1.34. The number of benzene rings is 1. The molecule has 2 aromatic rings. The molecule has 0 unspecified atom stereocenters. The number of rotatable bonds is 4. The summed E-state index contributed by atoms with van der Waals surface area (Å²) >= 11 is 0. The molecule has 0 atom stereocenters. The normalized spacial score (nSPS) is 10.6. The molecule has 0 saturated carbocycles. The van der Waals surface area contributed by atoms with Crippen LogP contribution < -0.4 is 11.1 Å². The first kappa shape index (κ1) is 13.9. The van der Waals surface area contributed by atoms with E-state index in [9.17, 15) is 9.18 Å². The molecule has 0 fully saturated rings. The molecule has 0 aliphatic rings. The molecule has 0 aliphatic carbocycles. The van der Waals surface area contributed by atoms with Crippen molar-refractivity contribution in [3.63, 3.8) is 0 Å². The van der Waals surface area contributed by atoms with Crippen LogP contribution in [0, 0.1) is 12.7 Å². The van der Waals surface area contributed by atoms with Crippen molar-refractivity contribution in [2.45, 2.75) is 13.5 Å². The molecule has 2 rings (SSSR count). The molecular weight excluding hydrogens is 263 g/mol. The van der Waals surface area contributed by atoms with Crippen molar-refractivity contribution >= 4 is 17.3 Å². The first-order chi connectivity index (χ1) is 9.38. The lowest BCUT2D eigenvalue weighted by molar-refractivity contribution is 0.0692. The van der Waals surface area contributed by atoms with Crippen molar-refractivity contribution < 1.29 is 14.3 Å². The van der Waals surface area contributed by atoms with Gasteiger partial charge in [-0.3, -0.25) is 4.68 Å². The summed E-state index contributed by atoms with van der Waals surface area (Å²) in [4.78, 5) is 10.8. The number of hydrogen-bond donors (Lipinski definition) is 3. The molecule has 0 aliphatic heterocycles. The van der Waals surface area contributed by atoms with Gasteiger partial charge < -0.3 is 16.2 Å². The van der Waals surface area contributed by atoms with Crippen molar-refractivity contribution in [2.75, 3.05) is 11.1 Å². The van der Waals surface area contributed by atoms with E-state index in [0.717, 1.165) is 23.4 Å². The molecule has 4 N–H and O–H groups in total. The van der Waals surface area contributed by atoms with Crippen molar-refractivity contribution in [3.8, 4) is 0 Å². The summed E-state index contributed by atoms with van der Waals surface area (Å²) in [6.07, 6.45) is 1.85. The average Bonchev–Trinajstić information content (AvgIpc) is 2.68. The van der Waals surface area contributed by atoms with Gasteiger partial charge in [-0.2, -0.15) is 5.10 Å². The van der Waals surface area contributed by atoms with E-state index in [-0.39, 0.29) is 5.69 Å². The topological polar surface area (TPSA) is 93.2 Å². The number of hydrogen-bond acceptors (Lipinski definition) is 4. The zero-order valence-electron chi connectivity index (χ0n) is 11.1. The third-order valence-corrected chi connectivity index (χ3v) is 2.95. The van der Waals surface area contributed by atoms with E-state index in [2.05, 4.69) is 10.4 Å². The van der Waals surface area contributed by atoms with Crippen LogP contribution in [-0.2, 0) is 13.6 Å². The number of carbonyl (C=O) groups is 1. The fourth-order valence-corrected chi connectivity index (χ4v) is 1.92. The number of carboxylic acid groups (broad SMARTS) is 1. The molecule has 1 aromatic heterocycles. The van der Waals surface area contributed by atoms with Gasteiger partial charge in [0.2, 0.25) is 0 Å². The van der Waals surface area contributed by atoms with E-state index in [1.54, 1.807) is 4.68 Å². The number of nitrogens with zero attached hydrogens (tertiary/aromatic N) is 2. The van der Waals surface area contributed by atoms with Gasteiger partial charge in [0, 0.05) is 25.4 Å². The van der Waals surface area contributed by atoms with Crippen LogP contribution >= 0.6 is 0 Å². The van der Waals surface area contributed by atoms with E-state index >= 15 is 0 Å². The van der Waals surface area contributed by atoms with E-state index in [0.29, 0.717) is 12.2 Å². The third kappa shape index (κ3) is 2.71. The predicted molar refractivity (Wildman–Crippen MR) is 73.0 cm³/mol. The number of nitrogen functional groups attached to an aromatic ring is 1. The number of nitrogens with one attached hydrogen (secondary N) is 1. The fourth-order valence-electron chi connectivity index (χ4n) is 1.92. The number of anilines is 2. The molecule has 0 spiro atoms. The lowest BCUT2D eigenvalue weighted by Crippen LogP contribution is -2.07. The molecule has 0 radical (unpaired) electrons. The Morgan fingerprint density at radius 1 is 1.55 bits per heavy atom. The highest BCUT2D eigenvalue weighted by Crippen LogP contribution is 2.24. The first-order valence-electron chi connectivity index (χ1n) is 5.93. The summed E-state index contributed by atoms with van der Waals surface area (Å²) in [7, 11) is 1.81. The standard InChI is InChI=1S/C13H15FN4O2/c1-7-8(6-18(2)17-7)5-16-12-4-10(14)9(13(19)20)3-11(12)15/h3-4,6,16H,5,15H2,1-2H3,(H,19,20). The van der Waals surface area contributed by atoms with Crippen LogP contribution in [0.25, 0.3) is 0 Å². The van der Waals surface area contributed by atoms with Gasteiger partial charge >= 0.3 is 5.97 Å². The van der Waals surface area contributed by atoms with E-state index in [1.807, 2.05) is 20.2 Å². The van der Waals surface area contributed by atoms with Gasteiger partial charge in [0.25, 0.3) is 0 Å². The monoisotopic (exact) mass is 278 g/mol. The number of aryl methyl sites for hydroxylation is 2. The highest BCUT2D eigenvalue weighted by molar-refractivity contribution is 5.90. The second kappa shape index (κ2) is 5.20. The van der Waals surface area contributed by atoms with Crippen LogP contribution in [0.2, 0.25) is 0 Å². The lowest BCUT2D eigenvalue weighted by atomic mass is 10.1. The summed E-state index contributed by atoms with van der Waals surface area (Å²) in [6, 6.07) is 2.20. The Morgan fingerprint density at radius 3 is 2.80 bits per heavy atom. The quantitative estimate of drug-likeness (QED) is 0.741. The van der Waals surface area contributed by atoms with Crippen LogP contribution in [0.4, 0.5) is 15.8 Å². The fraction of sp³-hybridized carbons (Fsp3) is 0.231. The van der Waals surface area contributed by atoms with E-state index < -0.39 is 17.3 Å². The molecule has 106 valence electrons. The van der Waals surface area contributed by atoms with Gasteiger partial charge in [-0.05, 0) is 19.1 Å². The maximum absolute atomic E-state index is 13.6. The first-order valence-corrected chi connectivity index (χ1v) is 5.93. The minimum absolute atomic E-state index is 0.186. The van der Waals surface area contributed by atoms with Gasteiger partial charge in [0.05, 0.1) is 22.6 Å². The Kier molecular flexibility index (Phi) is 3.60. The summed E-state index contributed by atoms with van der Waals surface area (Å²) in [5.41, 5.74) is 7.64. The maximum atomic E-state index is 13.6. The van der Waals surface area contributed by atoms with Crippen molar-refractivity contribution in [3.05, 3.63) is 41.0 Å². The highest BCUT2D eigenvalue weighted by atomic mass is 19.1. The van der Waals surface area contributed by atoms with Crippen molar-refractivity contribution in [1.29, 1.82) is 0 Å².